The molecular formula is C13H19N3O3. The first-order valence-corrected chi connectivity index (χ1v) is 6.33. The molecule has 0 aliphatic carbocycles. The van der Waals surface area contributed by atoms with E-state index in [1.165, 1.54) is 0 Å². The van der Waals surface area contributed by atoms with Gasteiger partial charge in [0.15, 0.2) is 0 Å². The molecule has 6 nitrogen and oxygen atoms in total. The van der Waals surface area contributed by atoms with E-state index in [0.29, 0.717) is 5.82 Å². The van der Waals surface area contributed by atoms with Gasteiger partial charge in [0.1, 0.15) is 5.82 Å². The summed E-state index contributed by atoms with van der Waals surface area (Å²) < 4.78 is 0. The number of hydrogen-bond acceptors (Lipinski definition) is 4. The van der Waals surface area contributed by atoms with Crippen LogP contribution < -0.4 is 10.6 Å². The van der Waals surface area contributed by atoms with Crippen LogP contribution in [0.15, 0.2) is 18.3 Å². The van der Waals surface area contributed by atoms with E-state index in [4.69, 9.17) is 5.11 Å². The lowest BCUT2D eigenvalue weighted by Crippen LogP contribution is -2.14. The van der Waals surface area contributed by atoms with Crippen molar-refractivity contribution in [2.75, 3.05) is 17.2 Å². The number of hydrogen-bond donors (Lipinski definition) is 3. The van der Waals surface area contributed by atoms with Crippen molar-refractivity contribution in [1.82, 2.24) is 4.98 Å². The van der Waals surface area contributed by atoms with Crippen LogP contribution in [0.4, 0.5) is 11.5 Å². The minimum absolute atomic E-state index is 0.0481. The van der Waals surface area contributed by atoms with Gasteiger partial charge in [-0.05, 0) is 18.6 Å². The molecule has 0 atom stereocenters. The topological polar surface area (TPSA) is 91.3 Å². The van der Waals surface area contributed by atoms with Crippen molar-refractivity contribution in [3.8, 4) is 0 Å². The summed E-state index contributed by atoms with van der Waals surface area (Å²) in [6.45, 7) is 3.01. The molecular weight excluding hydrogens is 246 g/mol. The molecule has 6 heteroatoms. The van der Waals surface area contributed by atoms with Crippen molar-refractivity contribution in [2.45, 2.75) is 32.6 Å². The minimum Gasteiger partial charge on any atom is -0.481 e. The van der Waals surface area contributed by atoms with Crippen LogP contribution in [-0.2, 0) is 9.59 Å². The van der Waals surface area contributed by atoms with Gasteiger partial charge in [0.2, 0.25) is 5.91 Å². The maximum absolute atomic E-state index is 11.4. The molecule has 0 radical (unpaired) electrons. The van der Waals surface area contributed by atoms with Crippen LogP contribution in [0.2, 0.25) is 0 Å². The molecule has 0 aromatic carbocycles. The lowest BCUT2D eigenvalue weighted by molar-refractivity contribution is -0.138. The predicted molar refractivity (Wildman–Crippen MR) is 73.1 cm³/mol. The van der Waals surface area contributed by atoms with Gasteiger partial charge >= 0.3 is 5.97 Å². The first-order chi connectivity index (χ1) is 9.11. The van der Waals surface area contributed by atoms with Crippen molar-refractivity contribution in [1.29, 1.82) is 0 Å². The zero-order valence-corrected chi connectivity index (χ0v) is 11.0. The van der Waals surface area contributed by atoms with E-state index >= 15 is 0 Å². The molecule has 0 spiro atoms. The van der Waals surface area contributed by atoms with Gasteiger partial charge in [-0.2, -0.15) is 0 Å². The van der Waals surface area contributed by atoms with Gasteiger partial charge in [0.05, 0.1) is 18.3 Å². The van der Waals surface area contributed by atoms with E-state index in [0.717, 1.165) is 25.1 Å². The van der Waals surface area contributed by atoms with E-state index in [-0.39, 0.29) is 18.7 Å². The number of rotatable bonds is 8. The molecule has 0 aliphatic rings. The van der Waals surface area contributed by atoms with Crippen molar-refractivity contribution < 1.29 is 14.7 Å². The summed E-state index contributed by atoms with van der Waals surface area (Å²) in [6.07, 6.45) is 3.63. The zero-order valence-electron chi connectivity index (χ0n) is 11.0. The van der Waals surface area contributed by atoms with E-state index < -0.39 is 5.97 Å². The van der Waals surface area contributed by atoms with Crippen molar-refractivity contribution in [3.05, 3.63) is 18.3 Å². The average molecular weight is 265 g/mol. The fraction of sp³-hybridized carbons (Fsp3) is 0.462. The third kappa shape index (κ3) is 6.40. The van der Waals surface area contributed by atoms with Crippen molar-refractivity contribution in [3.63, 3.8) is 0 Å². The van der Waals surface area contributed by atoms with Crippen LogP contribution in [0, 0.1) is 0 Å². The summed E-state index contributed by atoms with van der Waals surface area (Å²) in [7, 11) is 0. The maximum atomic E-state index is 11.4. The molecule has 104 valence electrons. The highest BCUT2D eigenvalue weighted by molar-refractivity contribution is 5.91. The van der Waals surface area contributed by atoms with Gasteiger partial charge in [0.25, 0.3) is 0 Å². The van der Waals surface area contributed by atoms with Gasteiger partial charge in [0, 0.05) is 13.0 Å². The minimum atomic E-state index is -0.987. The number of nitrogens with one attached hydrogen (secondary N) is 2. The number of aliphatic carboxylic acids is 1. The Balaban J connectivity index is 2.39. The fourth-order valence-corrected chi connectivity index (χ4v) is 1.41. The number of pyridine rings is 1. The summed E-state index contributed by atoms with van der Waals surface area (Å²) in [5, 5.41) is 14.2. The number of anilines is 2. The summed E-state index contributed by atoms with van der Waals surface area (Å²) in [6, 6.07) is 3.52. The number of carboxylic acids is 1. The number of nitrogens with zero attached hydrogens (tertiary/aromatic N) is 1. The molecule has 3 N–H and O–H groups in total. The number of carboxylic acid groups (broad SMARTS) is 1. The van der Waals surface area contributed by atoms with E-state index in [1.54, 1.807) is 12.3 Å². The van der Waals surface area contributed by atoms with E-state index in [2.05, 4.69) is 22.5 Å². The molecule has 0 unspecified atom stereocenters. The summed E-state index contributed by atoms with van der Waals surface area (Å²) >= 11 is 0. The number of unbranched alkanes of at least 4 members (excludes halogenated alkanes) is 1. The first-order valence-electron chi connectivity index (χ1n) is 6.33. The fourth-order valence-electron chi connectivity index (χ4n) is 1.41. The molecule has 0 saturated heterocycles. The Morgan fingerprint density at radius 3 is 2.68 bits per heavy atom. The van der Waals surface area contributed by atoms with E-state index in [1.807, 2.05) is 6.07 Å². The van der Waals surface area contributed by atoms with Gasteiger partial charge < -0.3 is 15.7 Å². The summed E-state index contributed by atoms with van der Waals surface area (Å²) in [4.78, 5) is 25.8. The molecule has 0 saturated carbocycles. The summed E-state index contributed by atoms with van der Waals surface area (Å²) in [5.41, 5.74) is 0.900. The second kappa shape index (κ2) is 8.07. The molecule has 1 amide bonds. The molecule has 1 rings (SSSR count). The molecule has 0 fully saturated rings. The molecule has 1 aromatic heterocycles. The van der Waals surface area contributed by atoms with Crippen LogP contribution in [0.25, 0.3) is 0 Å². The number of carbonyl (C=O) groups is 2. The van der Waals surface area contributed by atoms with Gasteiger partial charge in [-0.25, -0.2) is 4.98 Å². The Morgan fingerprint density at radius 2 is 2.11 bits per heavy atom. The van der Waals surface area contributed by atoms with Gasteiger partial charge in [-0.3, -0.25) is 9.59 Å². The molecule has 0 aliphatic heterocycles. The first kappa shape index (κ1) is 14.9. The third-order valence-corrected chi connectivity index (χ3v) is 2.46. The summed E-state index contributed by atoms with van der Waals surface area (Å²) in [5.74, 6) is -0.906. The van der Waals surface area contributed by atoms with Crippen LogP contribution in [0.5, 0.6) is 0 Å². The number of aromatic nitrogens is 1. The van der Waals surface area contributed by atoms with Gasteiger partial charge in [-0.1, -0.05) is 13.3 Å². The molecule has 1 heterocycles. The van der Waals surface area contributed by atoms with Crippen molar-refractivity contribution >= 4 is 23.4 Å². The second-order valence-electron chi connectivity index (χ2n) is 4.15. The van der Waals surface area contributed by atoms with E-state index in [9.17, 15) is 9.59 Å². The normalized spacial score (nSPS) is 9.95. The smallest absolute Gasteiger partial charge is 0.303 e. The Morgan fingerprint density at radius 1 is 1.32 bits per heavy atom. The average Bonchev–Trinajstić information content (AvgIpc) is 2.39. The number of carbonyl (C=O) groups excluding carboxylic acids is 1. The Kier molecular flexibility index (Phi) is 6.35. The second-order valence-corrected chi connectivity index (χ2v) is 4.15. The van der Waals surface area contributed by atoms with Crippen LogP contribution >= 0.6 is 0 Å². The van der Waals surface area contributed by atoms with Gasteiger partial charge in [-0.15, -0.1) is 0 Å². The number of amides is 1. The largest absolute Gasteiger partial charge is 0.481 e. The van der Waals surface area contributed by atoms with Crippen LogP contribution in [0.3, 0.4) is 0 Å². The monoisotopic (exact) mass is 265 g/mol. The Hall–Kier alpha value is -2.11. The lowest BCUT2D eigenvalue weighted by atomic mass is 10.3. The Bertz CT molecular complexity index is 418. The lowest BCUT2D eigenvalue weighted by Gasteiger charge is -2.07. The highest BCUT2D eigenvalue weighted by atomic mass is 16.4. The standard InChI is InChI=1S/C13H19N3O3/c1-2-3-8-14-10-4-5-11(15-9-10)16-12(17)6-7-13(18)19/h4-5,9,14H,2-3,6-8H2,1H3,(H,18,19)(H,15,16,17). The van der Waals surface area contributed by atoms with Crippen LogP contribution in [0.1, 0.15) is 32.6 Å². The molecule has 1 aromatic rings. The Labute approximate surface area is 112 Å². The molecule has 19 heavy (non-hydrogen) atoms. The van der Waals surface area contributed by atoms with Crippen molar-refractivity contribution in [2.24, 2.45) is 0 Å². The quantitative estimate of drug-likeness (QED) is 0.626. The highest BCUT2D eigenvalue weighted by Crippen LogP contribution is 2.10. The zero-order chi connectivity index (χ0) is 14.1. The SMILES string of the molecule is CCCCNc1ccc(NC(=O)CCC(=O)O)nc1. The maximum Gasteiger partial charge on any atom is 0.303 e. The highest BCUT2D eigenvalue weighted by Gasteiger charge is 2.06. The predicted octanol–water partition coefficient (Wildman–Crippen LogP) is 2.10. The van der Waals surface area contributed by atoms with Crippen LogP contribution in [-0.4, -0.2) is 28.5 Å². The third-order valence-electron chi connectivity index (χ3n) is 2.46. The molecule has 0 bridgehead atoms.